The minimum Gasteiger partial charge on any atom is -0.432 e. The largest absolute Gasteiger partial charge is 0.432 e. The predicted molar refractivity (Wildman–Crippen MR) is 122 cm³/mol. The molecule has 0 unspecified atom stereocenters. The van der Waals surface area contributed by atoms with Crippen LogP contribution in [0.15, 0.2) is 0 Å². The fourth-order valence-corrected chi connectivity index (χ4v) is 7.40. The highest BCUT2D eigenvalue weighted by Crippen LogP contribution is 2.28. The first kappa shape index (κ1) is 26.2. The first-order valence-electron chi connectivity index (χ1n) is 12.0. The lowest BCUT2D eigenvalue weighted by molar-refractivity contribution is 0.481. The minimum atomic E-state index is -1.98. The van der Waals surface area contributed by atoms with Gasteiger partial charge in [0, 0.05) is 0 Å². The molecule has 158 valence electrons. The lowest BCUT2D eigenvalue weighted by Crippen LogP contribution is -2.34. The number of unbranched alkanes of at least 4 members (excludes halogenated alkanes) is 6. The molecule has 0 heterocycles. The average molecular weight is 385 g/mol. The maximum Gasteiger partial charge on any atom is 0.188 e. The van der Waals surface area contributed by atoms with E-state index < -0.39 is 8.32 Å². The molecule has 0 amide bonds. The third kappa shape index (κ3) is 17.6. The Morgan fingerprint density at radius 1 is 0.462 bits per heavy atom. The number of hydrogen-bond acceptors (Lipinski definition) is 1. The van der Waals surface area contributed by atoms with Gasteiger partial charge in [0.05, 0.1) is 0 Å². The van der Waals surface area contributed by atoms with Crippen molar-refractivity contribution in [1.29, 1.82) is 0 Å². The maximum atomic E-state index is 11.4. The summed E-state index contributed by atoms with van der Waals surface area (Å²) < 4.78 is 0. The van der Waals surface area contributed by atoms with Crippen molar-refractivity contribution in [2.75, 3.05) is 0 Å². The van der Waals surface area contributed by atoms with E-state index in [0.717, 1.165) is 17.8 Å². The SMILES string of the molecule is CC(C)CCCCC[Si](O)(CCCCCC(C)C)CCCCCC(C)C. The number of rotatable bonds is 18. The van der Waals surface area contributed by atoms with Crippen molar-refractivity contribution in [3.05, 3.63) is 0 Å². The van der Waals surface area contributed by atoms with Gasteiger partial charge in [-0.25, -0.2) is 0 Å². The smallest absolute Gasteiger partial charge is 0.188 e. The summed E-state index contributed by atoms with van der Waals surface area (Å²) in [5, 5.41) is 0. The molecule has 0 atom stereocenters. The van der Waals surface area contributed by atoms with Crippen LogP contribution in [0.1, 0.15) is 119 Å². The molecule has 0 saturated carbocycles. The summed E-state index contributed by atoms with van der Waals surface area (Å²) in [5.41, 5.74) is 0. The van der Waals surface area contributed by atoms with Crippen LogP contribution in [0.4, 0.5) is 0 Å². The van der Waals surface area contributed by atoms with Crippen molar-refractivity contribution in [3.63, 3.8) is 0 Å². The molecule has 1 nitrogen and oxygen atoms in total. The van der Waals surface area contributed by atoms with Crippen LogP contribution >= 0.6 is 0 Å². The Morgan fingerprint density at radius 3 is 0.962 bits per heavy atom. The molecule has 26 heavy (non-hydrogen) atoms. The van der Waals surface area contributed by atoms with Gasteiger partial charge in [-0.15, -0.1) is 0 Å². The van der Waals surface area contributed by atoms with Crippen LogP contribution < -0.4 is 0 Å². The molecule has 0 aliphatic heterocycles. The van der Waals surface area contributed by atoms with Crippen LogP contribution in [0.3, 0.4) is 0 Å². The molecule has 0 fully saturated rings. The Labute approximate surface area is 167 Å². The summed E-state index contributed by atoms with van der Waals surface area (Å²) in [6, 6.07) is 3.50. The minimum absolute atomic E-state index is 0.827. The highest BCUT2D eigenvalue weighted by molar-refractivity contribution is 6.72. The summed E-state index contributed by atoms with van der Waals surface area (Å²) in [7, 11) is -1.98. The average Bonchev–Trinajstić information content (AvgIpc) is 2.53. The van der Waals surface area contributed by atoms with E-state index in [1.807, 2.05) is 0 Å². The lowest BCUT2D eigenvalue weighted by Gasteiger charge is -2.26. The molecule has 0 aromatic heterocycles. The Hall–Kier alpha value is 0.177. The van der Waals surface area contributed by atoms with Gasteiger partial charge in [0.2, 0.25) is 0 Å². The van der Waals surface area contributed by atoms with Crippen LogP contribution in [0.5, 0.6) is 0 Å². The first-order chi connectivity index (χ1) is 12.2. The molecule has 2 heteroatoms. The summed E-state index contributed by atoms with van der Waals surface area (Å²) in [6.45, 7) is 13.9. The quantitative estimate of drug-likeness (QED) is 0.185. The second kappa shape index (κ2) is 16.2. The zero-order chi connectivity index (χ0) is 19.8. The van der Waals surface area contributed by atoms with E-state index in [2.05, 4.69) is 41.5 Å². The molecular weight excluding hydrogens is 332 g/mol. The third-order valence-corrected chi connectivity index (χ3v) is 9.62. The Bertz CT molecular complexity index is 253. The van der Waals surface area contributed by atoms with Crippen molar-refractivity contribution in [2.45, 2.75) is 137 Å². The molecular formula is C24H52OSi. The zero-order valence-electron chi connectivity index (χ0n) is 19.3. The van der Waals surface area contributed by atoms with Gasteiger partial charge in [-0.2, -0.15) is 0 Å². The summed E-state index contributed by atoms with van der Waals surface area (Å²) in [5.74, 6) is 2.48. The van der Waals surface area contributed by atoms with Gasteiger partial charge < -0.3 is 4.80 Å². The standard InChI is InChI=1S/C24H52OSi/c1-22(2)16-10-7-13-19-26(25,20-14-8-11-17-23(3)4)21-15-9-12-18-24(5)6/h22-25H,7-21H2,1-6H3. The van der Waals surface area contributed by atoms with Crippen molar-refractivity contribution in [1.82, 2.24) is 0 Å². The number of hydrogen-bond donors (Lipinski definition) is 1. The van der Waals surface area contributed by atoms with Gasteiger partial charge in [-0.1, -0.05) is 119 Å². The molecule has 0 saturated heterocycles. The summed E-state index contributed by atoms with van der Waals surface area (Å²) in [4.78, 5) is 11.4. The van der Waals surface area contributed by atoms with Gasteiger partial charge in [-0.05, 0) is 35.9 Å². The zero-order valence-corrected chi connectivity index (χ0v) is 20.3. The molecule has 0 aliphatic rings. The van der Waals surface area contributed by atoms with Gasteiger partial charge in [0.25, 0.3) is 0 Å². The Balaban J connectivity index is 4.14. The van der Waals surface area contributed by atoms with E-state index in [9.17, 15) is 4.80 Å². The Morgan fingerprint density at radius 2 is 0.731 bits per heavy atom. The molecule has 0 radical (unpaired) electrons. The van der Waals surface area contributed by atoms with Gasteiger partial charge in [0.1, 0.15) is 0 Å². The van der Waals surface area contributed by atoms with Crippen molar-refractivity contribution >= 4 is 8.32 Å². The van der Waals surface area contributed by atoms with E-state index in [-0.39, 0.29) is 0 Å². The predicted octanol–water partition coefficient (Wildman–Crippen LogP) is 8.57. The highest BCUT2D eigenvalue weighted by Gasteiger charge is 2.29. The summed E-state index contributed by atoms with van der Waals surface area (Å²) >= 11 is 0. The van der Waals surface area contributed by atoms with Crippen molar-refractivity contribution in [2.24, 2.45) is 17.8 Å². The van der Waals surface area contributed by atoms with E-state index in [1.54, 1.807) is 0 Å². The van der Waals surface area contributed by atoms with E-state index >= 15 is 0 Å². The van der Waals surface area contributed by atoms with Crippen LogP contribution in [0.25, 0.3) is 0 Å². The Kier molecular flexibility index (Phi) is 16.3. The van der Waals surface area contributed by atoms with Gasteiger partial charge in [0.15, 0.2) is 8.32 Å². The normalized spacial score (nSPS) is 12.7. The van der Waals surface area contributed by atoms with Crippen molar-refractivity contribution < 1.29 is 4.80 Å². The molecule has 0 aromatic carbocycles. The monoisotopic (exact) mass is 384 g/mol. The van der Waals surface area contributed by atoms with Gasteiger partial charge in [-0.3, -0.25) is 0 Å². The van der Waals surface area contributed by atoms with E-state index in [1.165, 1.54) is 95.2 Å². The molecule has 0 rings (SSSR count). The van der Waals surface area contributed by atoms with Crippen LogP contribution in [-0.2, 0) is 0 Å². The first-order valence-corrected chi connectivity index (χ1v) is 14.5. The molecule has 0 spiro atoms. The molecule has 1 N–H and O–H groups in total. The lowest BCUT2D eigenvalue weighted by atomic mass is 10.1. The molecule has 0 aromatic rings. The van der Waals surface area contributed by atoms with Crippen LogP contribution in [0.2, 0.25) is 18.1 Å². The maximum absolute atomic E-state index is 11.4. The third-order valence-electron chi connectivity index (χ3n) is 5.77. The second-order valence-electron chi connectivity index (χ2n) is 10.2. The second-order valence-corrected chi connectivity index (χ2v) is 14.2. The van der Waals surface area contributed by atoms with E-state index in [4.69, 9.17) is 0 Å². The van der Waals surface area contributed by atoms with Gasteiger partial charge >= 0.3 is 0 Å². The van der Waals surface area contributed by atoms with Crippen LogP contribution in [-0.4, -0.2) is 13.1 Å². The van der Waals surface area contributed by atoms with Crippen molar-refractivity contribution in [3.8, 4) is 0 Å². The highest BCUT2D eigenvalue weighted by atomic mass is 28.4. The topological polar surface area (TPSA) is 20.2 Å². The van der Waals surface area contributed by atoms with Crippen LogP contribution in [0, 0.1) is 17.8 Å². The fourth-order valence-electron chi connectivity index (χ4n) is 3.93. The summed E-state index contributed by atoms with van der Waals surface area (Å²) in [6.07, 6.45) is 15.9. The fraction of sp³-hybridized carbons (Fsp3) is 1.00. The molecule has 0 bridgehead atoms. The molecule has 0 aliphatic carbocycles. The van der Waals surface area contributed by atoms with E-state index in [0.29, 0.717) is 0 Å².